The van der Waals surface area contributed by atoms with Gasteiger partial charge in [-0.3, -0.25) is 33.7 Å². The summed E-state index contributed by atoms with van der Waals surface area (Å²) in [6.07, 6.45) is 3.45. The Labute approximate surface area is 401 Å². The van der Waals surface area contributed by atoms with Crippen LogP contribution in [0, 0.1) is 17.2 Å². The van der Waals surface area contributed by atoms with Crippen molar-refractivity contribution >= 4 is 40.0 Å². The Balaban J connectivity index is 0.873. The molecule has 3 aliphatic heterocycles. The van der Waals surface area contributed by atoms with Crippen molar-refractivity contribution in [1.82, 2.24) is 24.3 Å². The van der Waals surface area contributed by atoms with Gasteiger partial charge in [0.2, 0.25) is 17.7 Å². The first-order chi connectivity index (χ1) is 32.7. The lowest BCUT2D eigenvalue weighted by atomic mass is 9.67. The van der Waals surface area contributed by atoms with E-state index in [2.05, 4.69) is 42.7 Å². The number of carbonyl (C=O) groups excluding carboxylic acids is 3. The van der Waals surface area contributed by atoms with Crippen LogP contribution in [-0.4, -0.2) is 94.4 Å². The normalized spacial score (nSPS) is 22.7. The summed E-state index contributed by atoms with van der Waals surface area (Å²) < 4.78 is 72.9. The maximum Gasteiger partial charge on any atom is 0.395 e. The average molecular weight is 959 g/mol. The predicted octanol–water partition coefficient (Wildman–Crippen LogP) is 9.06. The molecule has 372 valence electrons. The highest BCUT2D eigenvalue weighted by molar-refractivity contribution is 6.00. The molecule has 0 bridgehead atoms. The fraction of sp³-hybridized carbons (Fsp3) is 0.547. The number of allylic oxidation sites excluding steroid dienone is 2. The van der Waals surface area contributed by atoms with Crippen molar-refractivity contribution in [3.63, 3.8) is 0 Å². The molecule has 1 aromatic heterocycles. The molecule has 8 rings (SSSR count). The van der Waals surface area contributed by atoms with Crippen LogP contribution in [0.25, 0.3) is 16.6 Å². The summed E-state index contributed by atoms with van der Waals surface area (Å²) in [6.45, 7) is 9.02. The molecule has 16 heteroatoms. The number of ether oxygens (including phenoxy) is 2. The van der Waals surface area contributed by atoms with E-state index in [0.717, 1.165) is 47.3 Å². The van der Waals surface area contributed by atoms with Crippen LogP contribution in [0.2, 0.25) is 0 Å². The second-order valence-electron chi connectivity index (χ2n) is 21.0. The SMILES string of the molecule is COc1ccc([C@]2(CCN(Cc3ccc(C4=CC[C@H](C(=O)N5CCC(Nc6cc7c(cc6F)n(C6CCC(=O)NC6=O)c(=O)n7C)CC5)CC4)cc3)CC(C)(C)C(F)(F)F)CCOC(C)(C)C2)cc1. The first-order valence-electron chi connectivity index (χ1n) is 24.3. The van der Waals surface area contributed by atoms with E-state index in [1.165, 1.54) is 29.0 Å². The number of likely N-dealkylation sites (tertiary alicyclic amines) is 1. The molecule has 3 amide bonds. The van der Waals surface area contributed by atoms with Crippen LogP contribution in [0.5, 0.6) is 5.75 Å². The molecule has 1 aliphatic carbocycles. The summed E-state index contributed by atoms with van der Waals surface area (Å²) in [7, 11) is 3.20. The second-order valence-corrected chi connectivity index (χ2v) is 21.0. The van der Waals surface area contributed by atoms with Crippen LogP contribution in [0.1, 0.15) is 115 Å². The molecule has 2 N–H and O–H groups in total. The number of aromatic nitrogens is 2. The van der Waals surface area contributed by atoms with Crippen LogP contribution in [0.4, 0.5) is 23.2 Å². The van der Waals surface area contributed by atoms with E-state index in [0.29, 0.717) is 70.4 Å². The number of rotatable bonds is 14. The van der Waals surface area contributed by atoms with Crippen molar-refractivity contribution in [2.75, 3.05) is 45.2 Å². The molecule has 3 aromatic carbocycles. The number of methoxy groups -OCH3 is 1. The van der Waals surface area contributed by atoms with Crippen LogP contribution in [0.15, 0.2) is 71.5 Å². The number of carbonyl (C=O) groups is 3. The van der Waals surface area contributed by atoms with Gasteiger partial charge in [0, 0.05) is 69.7 Å². The number of aryl methyl sites for hydroxylation is 1. The van der Waals surface area contributed by atoms with Gasteiger partial charge < -0.3 is 19.7 Å². The van der Waals surface area contributed by atoms with Crippen LogP contribution in [-0.2, 0) is 38.1 Å². The molecule has 0 saturated carbocycles. The number of nitrogens with one attached hydrogen (secondary N) is 2. The summed E-state index contributed by atoms with van der Waals surface area (Å²) in [5, 5.41) is 5.56. The van der Waals surface area contributed by atoms with Gasteiger partial charge >= 0.3 is 11.9 Å². The molecule has 0 radical (unpaired) electrons. The number of piperidine rings is 2. The van der Waals surface area contributed by atoms with Crippen molar-refractivity contribution in [2.45, 2.75) is 128 Å². The fourth-order valence-corrected chi connectivity index (χ4v) is 11.1. The van der Waals surface area contributed by atoms with E-state index < -0.39 is 41.0 Å². The number of benzene rings is 3. The molecule has 4 aromatic rings. The summed E-state index contributed by atoms with van der Waals surface area (Å²) in [5.41, 5.74) is 2.18. The highest BCUT2D eigenvalue weighted by atomic mass is 19.4. The highest BCUT2D eigenvalue weighted by Crippen LogP contribution is 2.46. The number of imidazole rings is 1. The number of hydrogen-bond donors (Lipinski definition) is 2. The Kier molecular flexibility index (Phi) is 14.3. The quantitative estimate of drug-likeness (QED) is 0.0948. The molecule has 3 atom stereocenters. The van der Waals surface area contributed by atoms with E-state index in [1.54, 1.807) is 20.2 Å². The molecule has 4 heterocycles. The molecule has 1 unspecified atom stereocenters. The molecule has 3 saturated heterocycles. The minimum atomic E-state index is -4.37. The summed E-state index contributed by atoms with van der Waals surface area (Å²) in [6, 6.07) is 18.0. The van der Waals surface area contributed by atoms with Crippen molar-refractivity contribution in [3.8, 4) is 5.75 Å². The van der Waals surface area contributed by atoms with Gasteiger partial charge in [-0.15, -0.1) is 0 Å². The van der Waals surface area contributed by atoms with Gasteiger partial charge in [-0.1, -0.05) is 42.5 Å². The van der Waals surface area contributed by atoms with Crippen molar-refractivity contribution in [1.29, 1.82) is 0 Å². The lowest BCUT2D eigenvalue weighted by molar-refractivity contribution is -0.217. The number of imide groups is 1. The van der Waals surface area contributed by atoms with Crippen molar-refractivity contribution < 1.29 is 41.4 Å². The lowest BCUT2D eigenvalue weighted by Gasteiger charge is -2.46. The summed E-state index contributed by atoms with van der Waals surface area (Å²) in [5.74, 6) is -0.844. The number of nitrogens with zero attached hydrogens (tertiary/aromatic N) is 4. The Morgan fingerprint density at radius 2 is 1.67 bits per heavy atom. The minimum absolute atomic E-state index is 0.0863. The Morgan fingerprint density at radius 1 is 0.957 bits per heavy atom. The second kappa shape index (κ2) is 19.7. The number of hydrogen-bond acceptors (Lipinski definition) is 8. The molecule has 12 nitrogen and oxygen atoms in total. The third-order valence-electron chi connectivity index (χ3n) is 15.2. The number of fused-ring (bicyclic) bond motifs is 1. The zero-order valence-electron chi connectivity index (χ0n) is 40.6. The standard InChI is InChI=1S/C53H66F4N6O6/c1-50(2,53(55,56)57)33-61(27-23-52(24-28-69-51(3,4)32-52)38-15-17-40(68-6)18-16-38)31-34-7-9-35(10-8-34)36-11-13-37(14-12-36)48(66)62-25-21-39(22-26-62)58-42-30-44-45(29-41(42)54)63(49(67)60(44)5)43-19-20-46(64)59-47(43)65/h7-11,15-18,29-30,37,39,43,58H,12-14,19-28,31-33H2,1-6H3,(H,59,64,65)/t37-,43?,52+/m0/s1. The Morgan fingerprint density at radius 3 is 2.29 bits per heavy atom. The van der Waals surface area contributed by atoms with Gasteiger partial charge in [-0.25, -0.2) is 9.18 Å². The number of halogens is 4. The number of anilines is 1. The Hall–Kier alpha value is -5.48. The van der Waals surface area contributed by atoms with Gasteiger partial charge in [0.15, 0.2) is 0 Å². The maximum atomic E-state index is 15.6. The minimum Gasteiger partial charge on any atom is -0.497 e. The van der Waals surface area contributed by atoms with Crippen molar-refractivity contribution in [3.05, 3.63) is 99.7 Å². The first-order valence-corrected chi connectivity index (χ1v) is 24.3. The number of alkyl halides is 3. The molecule has 0 spiro atoms. The van der Waals surface area contributed by atoms with Crippen LogP contribution in [0.3, 0.4) is 0 Å². The van der Waals surface area contributed by atoms with Gasteiger partial charge in [-0.2, -0.15) is 13.2 Å². The zero-order valence-corrected chi connectivity index (χ0v) is 40.6. The monoisotopic (exact) mass is 958 g/mol. The smallest absolute Gasteiger partial charge is 0.395 e. The third kappa shape index (κ3) is 10.8. The maximum absolute atomic E-state index is 15.6. The van der Waals surface area contributed by atoms with Crippen LogP contribution >= 0.6 is 0 Å². The third-order valence-corrected chi connectivity index (χ3v) is 15.2. The molecule has 4 aliphatic rings. The zero-order chi connectivity index (χ0) is 49.5. The summed E-state index contributed by atoms with van der Waals surface area (Å²) in [4.78, 5) is 55.2. The highest BCUT2D eigenvalue weighted by Gasteiger charge is 2.49. The van der Waals surface area contributed by atoms with Gasteiger partial charge in [-0.05, 0) is 132 Å². The number of amides is 3. The Bertz CT molecular complexity index is 2630. The van der Waals surface area contributed by atoms with E-state index in [1.807, 2.05) is 46.2 Å². The topological polar surface area (TPSA) is 127 Å². The molecular weight excluding hydrogens is 893 g/mol. The van der Waals surface area contributed by atoms with Gasteiger partial charge in [0.25, 0.3) is 0 Å². The largest absolute Gasteiger partial charge is 0.497 e. The van der Waals surface area contributed by atoms with Crippen molar-refractivity contribution in [2.24, 2.45) is 18.4 Å². The summed E-state index contributed by atoms with van der Waals surface area (Å²) >= 11 is 0. The molecule has 69 heavy (non-hydrogen) atoms. The molecule has 3 fully saturated rings. The predicted molar refractivity (Wildman–Crippen MR) is 257 cm³/mol. The van der Waals surface area contributed by atoms with Crippen LogP contribution < -0.4 is 21.1 Å². The van der Waals surface area contributed by atoms with E-state index in [-0.39, 0.29) is 59.5 Å². The van der Waals surface area contributed by atoms with Gasteiger partial charge in [0.05, 0.1) is 34.8 Å². The average Bonchev–Trinajstić information content (AvgIpc) is 3.54. The first kappa shape index (κ1) is 49.9. The lowest BCUT2D eigenvalue weighted by Crippen LogP contribution is -2.47. The van der Waals surface area contributed by atoms with E-state index in [9.17, 15) is 32.3 Å². The molecular formula is C53H66F4N6O6. The fourth-order valence-electron chi connectivity index (χ4n) is 11.1. The van der Waals surface area contributed by atoms with Gasteiger partial charge in [0.1, 0.15) is 17.6 Å². The van der Waals surface area contributed by atoms with E-state index >= 15 is 4.39 Å². The van der Waals surface area contributed by atoms with E-state index in [4.69, 9.17) is 9.47 Å².